The summed E-state index contributed by atoms with van der Waals surface area (Å²) < 4.78 is 43.0. The SMILES string of the molecule is O=C(NCCS(=O)(=O)O)c1c(F)cccc1I. The predicted molar refractivity (Wildman–Crippen MR) is 67.9 cm³/mol. The van der Waals surface area contributed by atoms with Gasteiger partial charge < -0.3 is 5.32 Å². The van der Waals surface area contributed by atoms with Crippen molar-refractivity contribution in [2.45, 2.75) is 0 Å². The molecular weight excluding hydrogens is 364 g/mol. The summed E-state index contributed by atoms with van der Waals surface area (Å²) in [4.78, 5) is 11.5. The summed E-state index contributed by atoms with van der Waals surface area (Å²) in [5.41, 5.74) is -0.136. The van der Waals surface area contributed by atoms with Crippen molar-refractivity contribution in [3.63, 3.8) is 0 Å². The second kappa shape index (κ2) is 5.74. The van der Waals surface area contributed by atoms with E-state index < -0.39 is 27.6 Å². The van der Waals surface area contributed by atoms with Gasteiger partial charge in [-0.2, -0.15) is 8.42 Å². The number of nitrogens with one attached hydrogen (secondary N) is 1. The summed E-state index contributed by atoms with van der Waals surface area (Å²) in [5, 5.41) is 2.21. The Labute approximate surface area is 111 Å². The maximum Gasteiger partial charge on any atom is 0.266 e. The third kappa shape index (κ3) is 4.56. The van der Waals surface area contributed by atoms with Crippen molar-refractivity contribution in [2.24, 2.45) is 0 Å². The van der Waals surface area contributed by atoms with E-state index in [1.807, 2.05) is 0 Å². The number of rotatable bonds is 4. The molecule has 0 heterocycles. The van der Waals surface area contributed by atoms with Crippen LogP contribution in [0.1, 0.15) is 10.4 Å². The molecule has 0 radical (unpaired) electrons. The van der Waals surface area contributed by atoms with Crippen LogP contribution in [-0.4, -0.2) is 31.2 Å². The molecule has 0 aliphatic rings. The predicted octanol–water partition coefficient (Wildman–Crippen LogP) is 1.05. The van der Waals surface area contributed by atoms with Crippen LogP contribution in [0.15, 0.2) is 18.2 Å². The van der Waals surface area contributed by atoms with Gasteiger partial charge >= 0.3 is 0 Å². The maximum atomic E-state index is 13.3. The lowest BCUT2D eigenvalue weighted by atomic mass is 10.2. The largest absolute Gasteiger partial charge is 0.351 e. The Kier molecular flexibility index (Phi) is 4.83. The smallest absolute Gasteiger partial charge is 0.266 e. The van der Waals surface area contributed by atoms with Crippen LogP contribution in [0.2, 0.25) is 0 Å². The summed E-state index contributed by atoms with van der Waals surface area (Å²) in [6, 6.07) is 4.16. The van der Waals surface area contributed by atoms with Gasteiger partial charge in [0.2, 0.25) is 0 Å². The molecule has 0 unspecified atom stereocenters. The lowest BCUT2D eigenvalue weighted by Crippen LogP contribution is -2.30. The van der Waals surface area contributed by atoms with Crippen molar-refractivity contribution < 1.29 is 22.2 Å². The Morgan fingerprint density at radius 2 is 2.12 bits per heavy atom. The normalized spacial score (nSPS) is 11.2. The van der Waals surface area contributed by atoms with Gasteiger partial charge in [0.05, 0.1) is 11.3 Å². The van der Waals surface area contributed by atoms with Crippen LogP contribution < -0.4 is 5.32 Å². The molecule has 0 aromatic heterocycles. The van der Waals surface area contributed by atoms with Crippen LogP contribution in [-0.2, 0) is 10.1 Å². The molecule has 0 bridgehead atoms. The average Bonchev–Trinajstić information content (AvgIpc) is 2.15. The molecule has 1 aromatic carbocycles. The van der Waals surface area contributed by atoms with Gasteiger partial charge in [0.15, 0.2) is 0 Å². The minimum absolute atomic E-state index is 0.136. The van der Waals surface area contributed by atoms with E-state index in [0.29, 0.717) is 3.57 Å². The summed E-state index contributed by atoms with van der Waals surface area (Å²) >= 11 is 1.80. The summed E-state index contributed by atoms with van der Waals surface area (Å²) in [6.07, 6.45) is 0. The van der Waals surface area contributed by atoms with Gasteiger partial charge in [0, 0.05) is 10.1 Å². The molecule has 0 saturated carbocycles. The van der Waals surface area contributed by atoms with Crippen LogP contribution >= 0.6 is 22.6 Å². The van der Waals surface area contributed by atoms with Gasteiger partial charge in [-0.1, -0.05) is 6.07 Å². The highest BCUT2D eigenvalue weighted by atomic mass is 127. The van der Waals surface area contributed by atoms with Crippen molar-refractivity contribution in [1.29, 1.82) is 0 Å². The van der Waals surface area contributed by atoms with Crippen LogP contribution in [0.25, 0.3) is 0 Å². The molecule has 94 valence electrons. The van der Waals surface area contributed by atoms with E-state index in [4.69, 9.17) is 4.55 Å². The van der Waals surface area contributed by atoms with Crippen molar-refractivity contribution in [3.05, 3.63) is 33.1 Å². The molecule has 0 spiro atoms. The van der Waals surface area contributed by atoms with Gasteiger partial charge in [-0.25, -0.2) is 4.39 Å². The molecular formula is C9H9FINO4S. The zero-order valence-corrected chi connectivity index (χ0v) is 11.5. The third-order valence-electron chi connectivity index (χ3n) is 1.84. The van der Waals surface area contributed by atoms with Gasteiger partial charge in [-0.3, -0.25) is 9.35 Å². The first kappa shape index (κ1) is 14.3. The highest BCUT2D eigenvalue weighted by Crippen LogP contribution is 2.15. The van der Waals surface area contributed by atoms with E-state index in [2.05, 4.69) is 5.32 Å². The molecule has 1 aromatic rings. The molecule has 0 aliphatic carbocycles. The fraction of sp³-hybridized carbons (Fsp3) is 0.222. The molecule has 2 N–H and O–H groups in total. The minimum Gasteiger partial charge on any atom is -0.351 e. The zero-order chi connectivity index (χ0) is 13.1. The third-order valence-corrected chi connectivity index (χ3v) is 3.45. The van der Waals surface area contributed by atoms with Crippen LogP contribution in [0.5, 0.6) is 0 Å². The molecule has 0 saturated heterocycles. The lowest BCUT2D eigenvalue weighted by Gasteiger charge is -2.06. The number of amides is 1. The van der Waals surface area contributed by atoms with Crippen LogP contribution in [0, 0.1) is 9.39 Å². The fourth-order valence-corrected chi connectivity index (χ4v) is 2.17. The van der Waals surface area contributed by atoms with Gasteiger partial charge in [-0.05, 0) is 34.7 Å². The Hall–Kier alpha value is -0.740. The van der Waals surface area contributed by atoms with E-state index in [-0.39, 0.29) is 12.1 Å². The van der Waals surface area contributed by atoms with E-state index in [1.165, 1.54) is 6.07 Å². The van der Waals surface area contributed by atoms with Crippen LogP contribution in [0.3, 0.4) is 0 Å². The quantitative estimate of drug-likeness (QED) is 0.611. The van der Waals surface area contributed by atoms with E-state index in [1.54, 1.807) is 28.7 Å². The number of hydrogen-bond acceptors (Lipinski definition) is 3. The highest BCUT2D eigenvalue weighted by molar-refractivity contribution is 14.1. The Morgan fingerprint density at radius 3 is 2.65 bits per heavy atom. The number of hydrogen-bond donors (Lipinski definition) is 2. The molecule has 0 fully saturated rings. The molecule has 8 heteroatoms. The molecule has 1 amide bonds. The first-order valence-corrected chi connectivity index (χ1v) is 7.17. The van der Waals surface area contributed by atoms with Crippen molar-refractivity contribution in [2.75, 3.05) is 12.3 Å². The maximum absolute atomic E-state index is 13.3. The number of carbonyl (C=O) groups is 1. The van der Waals surface area contributed by atoms with Gasteiger partial charge in [-0.15, -0.1) is 0 Å². The van der Waals surface area contributed by atoms with Crippen molar-refractivity contribution in [3.8, 4) is 0 Å². The molecule has 5 nitrogen and oxygen atoms in total. The van der Waals surface area contributed by atoms with Gasteiger partial charge in [0.25, 0.3) is 16.0 Å². The monoisotopic (exact) mass is 373 g/mol. The summed E-state index contributed by atoms with van der Waals surface area (Å²) in [6.45, 7) is -0.276. The minimum atomic E-state index is -4.13. The van der Waals surface area contributed by atoms with E-state index >= 15 is 0 Å². The van der Waals surface area contributed by atoms with Crippen LogP contribution in [0.4, 0.5) is 4.39 Å². The molecule has 0 atom stereocenters. The second-order valence-electron chi connectivity index (χ2n) is 3.14. The summed E-state index contributed by atoms with van der Waals surface area (Å²) in [5.74, 6) is -2.00. The Balaban J connectivity index is 2.71. The fourth-order valence-electron chi connectivity index (χ4n) is 1.10. The standard InChI is InChI=1S/C9H9FINO4S/c10-6-2-1-3-7(11)8(6)9(13)12-4-5-17(14,15)16/h1-3H,4-5H2,(H,12,13)(H,14,15,16). The summed E-state index contributed by atoms with van der Waals surface area (Å²) in [7, 11) is -4.13. The molecule has 1 rings (SSSR count). The van der Waals surface area contributed by atoms with Crippen molar-refractivity contribution >= 4 is 38.6 Å². The number of halogens is 2. The van der Waals surface area contributed by atoms with E-state index in [9.17, 15) is 17.6 Å². The highest BCUT2D eigenvalue weighted by Gasteiger charge is 2.15. The number of carbonyl (C=O) groups excluding carboxylic acids is 1. The molecule has 17 heavy (non-hydrogen) atoms. The van der Waals surface area contributed by atoms with Crippen molar-refractivity contribution in [1.82, 2.24) is 5.32 Å². The first-order valence-electron chi connectivity index (χ1n) is 4.48. The van der Waals surface area contributed by atoms with Gasteiger partial charge in [0.1, 0.15) is 5.82 Å². The zero-order valence-electron chi connectivity index (χ0n) is 8.48. The Morgan fingerprint density at radius 1 is 1.47 bits per heavy atom. The molecule has 0 aliphatic heterocycles. The first-order chi connectivity index (χ1) is 7.81. The Bertz CT molecular complexity index is 512. The topological polar surface area (TPSA) is 83.5 Å². The average molecular weight is 373 g/mol. The second-order valence-corrected chi connectivity index (χ2v) is 5.87. The lowest BCUT2D eigenvalue weighted by molar-refractivity contribution is 0.0951. The van der Waals surface area contributed by atoms with E-state index in [0.717, 1.165) is 6.07 Å². The number of benzene rings is 1.